The molecule has 0 aromatic carbocycles. The van der Waals surface area contributed by atoms with Gasteiger partial charge in [-0.05, 0) is 12.1 Å². The summed E-state index contributed by atoms with van der Waals surface area (Å²) in [4.78, 5) is 25.2. The molecule has 0 unspecified atom stereocenters. The van der Waals surface area contributed by atoms with E-state index in [1.807, 2.05) is 0 Å². The van der Waals surface area contributed by atoms with Crippen LogP contribution in [0.25, 0.3) is 0 Å². The molecule has 0 radical (unpaired) electrons. The van der Waals surface area contributed by atoms with Gasteiger partial charge in [0.1, 0.15) is 5.69 Å². The van der Waals surface area contributed by atoms with Crippen molar-refractivity contribution in [3.8, 4) is 0 Å². The van der Waals surface area contributed by atoms with E-state index in [0.29, 0.717) is 13.1 Å². The molecule has 0 saturated heterocycles. The second-order valence-corrected chi connectivity index (χ2v) is 3.20. The molecule has 0 spiro atoms. The topological polar surface area (TPSA) is 97.1 Å². The number of hydrogen-bond donors (Lipinski definition) is 3. The van der Waals surface area contributed by atoms with Crippen LogP contribution in [0, 0.1) is 0 Å². The van der Waals surface area contributed by atoms with Crippen molar-refractivity contribution in [3.05, 3.63) is 24.0 Å². The van der Waals surface area contributed by atoms with Crippen LogP contribution in [0.2, 0.25) is 0 Å². The molecule has 1 heterocycles. The molecule has 6 heteroatoms. The minimum Gasteiger partial charge on any atom is -0.383 e. The number of carbonyl (C=O) groups is 2. The van der Waals surface area contributed by atoms with E-state index in [-0.39, 0.29) is 11.6 Å². The van der Waals surface area contributed by atoms with Crippen LogP contribution < -0.4 is 16.4 Å². The second kappa shape index (κ2) is 5.69. The van der Waals surface area contributed by atoms with Gasteiger partial charge in [-0.15, -0.1) is 0 Å². The third-order valence-electron chi connectivity index (χ3n) is 1.84. The average Bonchev–Trinajstić information content (AvgIpc) is 2.24. The predicted molar refractivity (Wildman–Crippen MR) is 59.9 cm³/mol. The highest BCUT2D eigenvalue weighted by Crippen LogP contribution is 2.06. The fourth-order valence-electron chi connectivity index (χ4n) is 1.12. The number of pyridine rings is 1. The number of rotatable bonds is 5. The molecule has 0 bridgehead atoms. The van der Waals surface area contributed by atoms with Gasteiger partial charge in [0, 0.05) is 31.9 Å². The minimum atomic E-state index is -0.564. The predicted octanol–water partition coefficient (Wildman–Crippen LogP) is -0.271. The van der Waals surface area contributed by atoms with E-state index >= 15 is 0 Å². The first kappa shape index (κ1) is 12.0. The highest BCUT2D eigenvalue weighted by Gasteiger charge is 2.02. The van der Waals surface area contributed by atoms with Gasteiger partial charge in [0.15, 0.2) is 0 Å². The van der Waals surface area contributed by atoms with Crippen molar-refractivity contribution in [2.24, 2.45) is 5.73 Å². The molecule has 0 fully saturated rings. The molecule has 0 atom stereocenters. The zero-order valence-electron chi connectivity index (χ0n) is 8.99. The Hall–Kier alpha value is -2.11. The Bertz CT molecular complexity index is 392. The normalized spacial score (nSPS) is 9.56. The maximum Gasteiger partial charge on any atom is 0.267 e. The van der Waals surface area contributed by atoms with Gasteiger partial charge in [-0.2, -0.15) is 0 Å². The molecule has 0 aliphatic heterocycles. The van der Waals surface area contributed by atoms with E-state index < -0.39 is 5.91 Å². The van der Waals surface area contributed by atoms with E-state index in [4.69, 9.17) is 5.73 Å². The van der Waals surface area contributed by atoms with Crippen molar-refractivity contribution in [1.82, 2.24) is 10.3 Å². The fraction of sp³-hybridized carbons (Fsp3) is 0.300. The largest absolute Gasteiger partial charge is 0.383 e. The smallest absolute Gasteiger partial charge is 0.267 e. The van der Waals surface area contributed by atoms with Gasteiger partial charge in [-0.1, -0.05) is 0 Å². The molecule has 86 valence electrons. The SMILES string of the molecule is CC(=O)NCCNc1ccnc(C(N)=O)c1. The summed E-state index contributed by atoms with van der Waals surface area (Å²) in [5, 5.41) is 5.68. The summed E-state index contributed by atoms with van der Waals surface area (Å²) >= 11 is 0. The van der Waals surface area contributed by atoms with Gasteiger partial charge in [0.05, 0.1) is 0 Å². The molecule has 0 saturated carbocycles. The second-order valence-electron chi connectivity index (χ2n) is 3.20. The number of nitrogens with one attached hydrogen (secondary N) is 2. The van der Waals surface area contributed by atoms with Crippen LogP contribution in [0.5, 0.6) is 0 Å². The number of hydrogen-bond acceptors (Lipinski definition) is 4. The Kier molecular flexibility index (Phi) is 4.26. The van der Waals surface area contributed by atoms with Gasteiger partial charge < -0.3 is 16.4 Å². The van der Waals surface area contributed by atoms with Crippen LogP contribution in [-0.4, -0.2) is 29.9 Å². The van der Waals surface area contributed by atoms with E-state index in [9.17, 15) is 9.59 Å². The van der Waals surface area contributed by atoms with Crippen LogP contribution in [-0.2, 0) is 4.79 Å². The molecule has 1 rings (SSSR count). The number of amides is 2. The first-order valence-electron chi connectivity index (χ1n) is 4.84. The van der Waals surface area contributed by atoms with Crippen LogP contribution >= 0.6 is 0 Å². The third-order valence-corrected chi connectivity index (χ3v) is 1.84. The highest BCUT2D eigenvalue weighted by molar-refractivity contribution is 5.91. The molecule has 16 heavy (non-hydrogen) atoms. The Balaban J connectivity index is 2.45. The van der Waals surface area contributed by atoms with E-state index in [1.165, 1.54) is 13.1 Å². The Morgan fingerprint density at radius 1 is 1.44 bits per heavy atom. The Morgan fingerprint density at radius 3 is 2.81 bits per heavy atom. The van der Waals surface area contributed by atoms with E-state index in [2.05, 4.69) is 15.6 Å². The van der Waals surface area contributed by atoms with Crippen molar-refractivity contribution < 1.29 is 9.59 Å². The lowest BCUT2D eigenvalue weighted by molar-refractivity contribution is -0.118. The van der Waals surface area contributed by atoms with E-state index in [1.54, 1.807) is 12.1 Å². The zero-order valence-corrected chi connectivity index (χ0v) is 8.99. The lowest BCUT2D eigenvalue weighted by Crippen LogP contribution is -2.26. The van der Waals surface area contributed by atoms with Crippen LogP contribution in [0.15, 0.2) is 18.3 Å². The highest BCUT2D eigenvalue weighted by atomic mass is 16.1. The lowest BCUT2D eigenvalue weighted by Gasteiger charge is -2.07. The molecule has 4 N–H and O–H groups in total. The van der Waals surface area contributed by atoms with Gasteiger partial charge in [-0.25, -0.2) is 0 Å². The van der Waals surface area contributed by atoms with Crippen molar-refractivity contribution in [1.29, 1.82) is 0 Å². The average molecular weight is 222 g/mol. The van der Waals surface area contributed by atoms with Gasteiger partial charge in [0.2, 0.25) is 5.91 Å². The summed E-state index contributed by atoms with van der Waals surface area (Å²) in [7, 11) is 0. The maximum atomic E-state index is 10.8. The number of anilines is 1. The number of nitrogens with zero attached hydrogens (tertiary/aromatic N) is 1. The van der Waals surface area contributed by atoms with Crippen molar-refractivity contribution in [2.45, 2.75) is 6.92 Å². The van der Waals surface area contributed by atoms with Gasteiger partial charge in [-0.3, -0.25) is 14.6 Å². The minimum absolute atomic E-state index is 0.0747. The lowest BCUT2D eigenvalue weighted by atomic mass is 10.3. The first-order chi connectivity index (χ1) is 7.59. The van der Waals surface area contributed by atoms with Crippen LogP contribution in [0.4, 0.5) is 5.69 Å². The molecule has 0 aliphatic rings. The van der Waals surface area contributed by atoms with E-state index in [0.717, 1.165) is 5.69 Å². The summed E-state index contributed by atoms with van der Waals surface area (Å²) in [5.41, 5.74) is 6.05. The summed E-state index contributed by atoms with van der Waals surface area (Å²) in [6.07, 6.45) is 1.50. The fourth-order valence-corrected chi connectivity index (χ4v) is 1.12. The summed E-state index contributed by atoms with van der Waals surface area (Å²) < 4.78 is 0. The van der Waals surface area contributed by atoms with Crippen molar-refractivity contribution >= 4 is 17.5 Å². The monoisotopic (exact) mass is 222 g/mol. The summed E-state index contributed by atoms with van der Waals surface area (Å²) in [6.45, 7) is 2.54. The number of primary amides is 1. The van der Waals surface area contributed by atoms with Gasteiger partial charge in [0.25, 0.3) is 5.91 Å². The third kappa shape index (κ3) is 3.95. The summed E-state index contributed by atoms with van der Waals surface area (Å²) in [6, 6.07) is 3.29. The van der Waals surface area contributed by atoms with Crippen LogP contribution in [0.1, 0.15) is 17.4 Å². The number of nitrogens with two attached hydrogens (primary N) is 1. The Labute approximate surface area is 93.2 Å². The summed E-state index contributed by atoms with van der Waals surface area (Å²) in [5.74, 6) is -0.639. The molecule has 2 amide bonds. The molecule has 1 aromatic heterocycles. The molecule has 6 nitrogen and oxygen atoms in total. The quantitative estimate of drug-likeness (QED) is 0.597. The number of aromatic nitrogens is 1. The molecule has 0 aliphatic carbocycles. The number of carbonyl (C=O) groups excluding carboxylic acids is 2. The van der Waals surface area contributed by atoms with Crippen molar-refractivity contribution in [2.75, 3.05) is 18.4 Å². The maximum absolute atomic E-state index is 10.8. The standard InChI is InChI=1S/C10H14N4O2/c1-7(15)12-4-5-13-8-2-3-14-9(6-8)10(11)16/h2-3,6H,4-5H2,1H3,(H2,11,16)(H,12,15)(H,13,14). The molecular weight excluding hydrogens is 208 g/mol. The molecule has 1 aromatic rings. The zero-order chi connectivity index (χ0) is 12.0. The molecular formula is C10H14N4O2. The first-order valence-corrected chi connectivity index (χ1v) is 4.84. The van der Waals surface area contributed by atoms with Crippen molar-refractivity contribution in [3.63, 3.8) is 0 Å². The van der Waals surface area contributed by atoms with Crippen LogP contribution in [0.3, 0.4) is 0 Å². The van der Waals surface area contributed by atoms with Gasteiger partial charge >= 0.3 is 0 Å². The Morgan fingerprint density at radius 2 is 2.19 bits per heavy atom.